The van der Waals surface area contributed by atoms with Crippen molar-refractivity contribution in [3.05, 3.63) is 91.6 Å². The van der Waals surface area contributed by atoms with Crippen LogP contribution in [-0.4, -0.2) is 25.2 Å². The molecule has 0 N–H and O–H groups in total. The van der Waals surface area contributed by atoms with E-state index in [0.29, 0.717) is 30.2 Å². The minimum Gasteiger partial charge on any atom is -0.338 e. The molecule has 7 heteroatoms. The summed E-state index contributed by atoms with van der Waals surface area (Å²) in [6.07, 6.45) is 0. The number of hydrogen-bond donors (Lipinski definition) is 0. The maximum absolute atomic E-state index is 13.7. The average Bonchev–Trinajstić information content (AvgIpc) is 3.18. The first kappa shape index (κ1) is 21.2. The highest BCUT2D eigenvalue weighted by Gasteiger charge is 2.29. The highest BCUT2D eigenvalue weighted by Crippen LogP contribution is 2.28. The van der Waals surface area contributed by atoms with Crippen molar-refractivity contribution in [2.75, 3.05) is 11.4 Å². The summed E-state index contributed by atoms with van der Waals surface area (Å²) in [5.41, 5.74) is 4.66. The summed E-state index contributed by atoms with van der Waals surface area (Å²) in [6.45, 7) is 8.72. The Morgan fingerprint density at radius 2 is 1.76 bits per heavy atom. The van der Waals surface area contributed by atoms with Crippen molar-refractivity contribution < 1.29 is 0 Å². The van der Waals surface area contributed by atoms with Crippen molar-refractivity contribution in [1.82, 2.24) is 18.7 Å². The molecule has 0 unspecified atom stereocenters. The summed E-state index contributed by atoms with van der Waals surface area (Å²) >= 11 is 0. The molecule has 1 aliphatic heterocycles. The maximum Gasteiger partial charge on any atom is 0.332 e. The second-order valence-electron chi connectivity index (χ2n) is 9.33. The van der Waals surface area contributed by atoms with Gasteiger partial charge < -0.3 is 9.47 Å². The second kappa shape index (κ2) is 8.06. The molecule has 1 aliphatic rings. The van der Waals surface area contributed by atoms with Gasteiger partial charge in [0.25, 0.3) is 5.56 Å². The van der Waals surface area contributed by atoms with E-state index in [1.165, 1.54) is 14.7 Å². The van der Waals surface area contributed by atoms with Crippen LogP contribution in [-0.2, 0) is 26.7 Å². The topological polar surface area (TPSA) is 65.1 Å². The highest BCUT2D eigenvalue weighted by atomic mass is 16.2. The lowest BCUT2D eigenvalue weighted by Gasteiger charge is -2.33. The molecule has 2 aromatic carbocycles. The summed E-state index contributed by atoms with van der Waals surface area (Å²) in [4.78, 5) is 33.9. The Kier molecular flexibility index (Phi) is 5.19. The van der Waals surface area contributed by atoms with E-state index in [1.54, 1.807) is 7.05 Å². The van der Waals surface area contributed by atoms with E-state index in [2.05, 4.69) is 24.0 Å². The summed E-state index contributed by atoms with van der Waals surface area (Å²) in [5, 5.41) is 0. The van der Waals surface area contributed by atoms with E-state index in [1.807, 2.05) is 54.8 Å². The summed E-state index contributed by atoms with van der Waals surface area (Å²) in [6, 6.07) is 16.4. The van der Waals surface area contributed by atoms with Gasteiger partial charge in [-0.1, -0.05) is 61.0 Å². The predicted octanol–water partition coefficient (Wildman–Crippen LogP) is 3.22. The molecule has 7 nitrogen and oxygen atoms in total. The van der Waals surface area contributed by atoms with Gasteiger partial charge in [-0.25, -0.2) is 4.79 Å². The smallest absolute Gasteiger partial charge is 0.332 e. The second-order valence-corrected chi connectivity index (χ2v) is 9.33. The van der Waals surface area contributed by atoms with Crippen LogP contribution in [0, 0.1) is 19.8 Å². The molecular weight excluding hydrogens is 414 g/mol. The largest absolute Gasteiger partial charge is 0.338 e. The third-order valence-electron chi connectivity index (χ3n) is 6.57. The van der Waals surface area contributed by atoms with Gasteiger partial charge in [0.15, 0.2) is 11.2 Å². The summed E-state index contributed by atoms with van der Waals surface area (Å²) in [7, 11) is 1.70. The number of aryl methyl sites for hydroxylation is 3. The maximum atomic E-state index is 13.7. The normalized spacial score (nSPS) is 15.8. The third kappa shape index (κ3) is 3.67. The number of fused-ring (bicyclic) bond motifs is 3. The van der Waals surface area contributed by atoms with E-state index in [-0.39, 0.29) is 17.8 Å². The first-order valence-electron chi connectivity index (χ1n) is 11.4. The predicted molar refractivity (Wildman–Crippen MR) is 131 cm³/mol. The lowest BCUT2D eigenvalue weighted by molar-refractivity contribution is 0.435. The minimum atomic E-state index is -0.341. The lowest BCUT2D eigenvalue weighted by atomic mass is 10.1. The fraction of sp³-hybridized carbons (Fsp3) is 0.346. The summed E-state index contributed by atoms with van der Waals surface area (Å²) in [5.74, 6) is 1.10. The first-order chi connectivity index (χ1) is 15.8. The molecule has 33 heavy (non-hydrogen) atoms. The van der Waals surface area contributed by atoms with Crippen LogP contribution in [0.3, 0.4) is 0 Å². The number of nitrogens with zero attached hydrogens (tertiary/aromatic N) is 5. The van der Waals surface area contributed by atoms with Gasteiger partial charge in [-0.15, -0.1) is 0 Å². The van der Waals surface area contributed by atoms with Crippen LogP contribution in [0.1, 0.15) is 29.2 Å². The van der Waals surface area contributed by atoms with Gasteiger partial charge in [-0.05, 0) is 36.5 Å². The van der Waals surface area contributed by atoms with Crippen molar-refractivity contribution in [1.29, 1.82) is 0 Å². The molecule has 0 saturated carbocycles. The molecule has 0 amide bonds. The van der Waals surface area contributed by atoms with Crippen molar-refractivity contribution in [2.24, 2.45) is 13.0 Å². The zero-order valence-corrected chi connectivity index (χ0v) is 19.6. The van der Waals surface area contributed by atoms with Crippen molar-refractivity contribution in [3.8, 4) is 0 Å². The molecule has 0 spiro atoms. The number of aromatic nitrogens is 4. The molecule has 3 heterocycles. The van der Waals surface area contributed by atoms with Gasteiger partial charge >= 0.3 is 5.69 Å². The first-order valence-corrected chi connectivity index (χ1v) is 11.4. The molecule has 5 rings (SSSR count). The molecule has 170 valence electrons. The van der Waals surface area contributed by atoms with Crippen molar-refractivity contribution in [2.45, 2.75) is 40.4 Å². The van der Waals surface area contributed by atoms with Crippen LogP contribution in [0.15, 0.2) is 58.1 Å². The van der Waals surface area contributed by atoms with Gasteiger partial charge in [-0.2, -0.15) is 4.98 Å². The minimum absolute atomic E-state index is 0.249. The summed E-state index contributed by atoms with van der Waals surface area (Å²) < 4.78 is 4.87. The molecule has 0 bridgehead atoms. The van der Waals surface area contributed by atoms with E-state index < -0.39 is 0 Å². The van der Waals surface area contributed by atoms with Crippen LogP contribution in [0.4, 0.5) is 5.95 Å². The standard InChI is InChI=1S/C26H29N5O2/c1-17-10-11-19(3)21(12-17)16-31-24(32)22-23(28(4)26(31)33)27-25-29(13-18(2)14-30(22)25)15-20-8-6-5-7-9-20/h5-12,18H,13-16H2,1-4H3/t18-/m1/s1. The molecule has 1 atom stereocenters. The van der Waals surface area contributed by atoms with Crippen LogP contribution in [0.25, 0.3) is 11.2 Å². The Morgan fingerprint density at radius 1 is 1.00 bits per heavy atom. The number of rotatable bonds is 4. The molecular formula is C26H29N5O2. The molecule has 4 aromatic rings. The number of imidazole rings is 1. The molecule has 0 aliphatic carbocycles. The van der Waals surface area contributed by atoms with Crippen LogP contribution < -0.4 is 16.1 Å². The molecule has 2 aromatic heterocycles. The van der Waals surface area contributed by atoms with Crippen LogP contribution in [0.2, 0.25) is 0 Å². The highest BCUT2D eigenvalue weighted by molar-refractivity contribution is 5.75. The fourth-order valence-corrected chi connectivity index (χ4v) is 4.82. The number of anilines is 1. The average molecular weight is 444 g/mol. The van der Waals surface area contributed by atoms with Crippen LogP contribution in [0.5, 0.6) is 0 Å². The van der Waals surface area contributed by atoms with E-state index >= 15 is 0 Å². The Balaban J connectivity index is 1.67. The lowest BCUT2D eigenvalue weighted by Crippen LogP contribution is -2.41. The quantitative estimate of drug-likeness (QED) is 0.486. The van der Waals surface area contributed by atoms with Gasteiger partial charge in [0.2, 0.25) is 5.95 Å². The zero-order chi connectivity index (χ0) is 23.3. The van der Waals surface area contributed by atoms with Crippen molar-refractivity contribution in [3.63, 3.8) is 0 Å². The Bertz CT molecular complexity index is 1460. The molecule has 0 saturated heterocycles. The third-order valence-corrected chi connectivity index (χ3v) is 6.57. The van der Waals surface area contributed by atoms with Gasteiger partial charge in [0.1, 0.15) is 0 Å². The molecule has 0 radical (unpaired) electrons. The fourth-order valence-electron chi connectivity index (χ4n) is 4.82. The van der Waals surface area contributed by atoms with Gasteiger partial charge in [-0.3, -0.25) is 13.9 Å². The number of benzene rings is 2. The zero-order valence-electron chi connectivity index (χ0n) is 19.6. The number of hydrogen-bond acceptors (Lipinski definition) is 4. The van der Waals surface area contributed by atoms with Gasteiger partial charge in [0.05, 0.1) is 6.54 Å². The van der Waals surface area contributed by atoms with Gasteiger partial charge in [0, 0.05) is 26.7 Å². The Hall–Kier alpha value is -3.61. The Labute approximate surface area is 192 Å². The SMILES string of the molecule is Cc1ccc(C)c(Cn2c(=O)c3c(nc4n3C[C@H](C)CN4Cc3ccccc3)n(C)c2=O)c1. The van der Waals surface area contributed by atoms with E-state index in [0.717, 1.165) is 29.2 Å². The monoisotopic (exact) mass is 443 g/mol. The van der Waals surface area contributed by atoms with Crippen LogP contribution >= 0.6 is 0 Å². The molecule has 0 fully saturated rings. The Morgan fingerprint density at radius 3 is 2.52 bits per heavy atom. The van der Waals surface area contributed by atoms with Crippen molar-refractivity contribution >= 4 is 17.1 Å². The van der Waals surface area contributed by atoms with E-state index in [4.69, 9.17) is 4.98 Å². The van der Waals surface area contributed by atoms with E-state index in [9.17, 15) is 9.59 Å².